The number of morpholine rings is 1. The molecule has 24 heavy (non-hydrogen) atoms. The minimum absolute atomic E-state index is 0.299. The van der Waals surface area contributed by atoms with Gasteiger partial charge in [-0.1, -0.05) is 25.8 Å². The molecule has 2 N–H and O–H groups in total. The fraction of sp³-hybridized carbons (Fsp3) is 0.722. The summed E-state index contributed by atoms with van der Waals surface area (Å²) in [6, 6.07) is 4.73. The molecule has 1 aromatic heterocycles. The van der Waals surface area contributed by atoms with E-state index in [9.17, 15) is 0 Å². The molecule has 136 valence electrons. The van der Waals surface area contributed by atoms with Gasteiger partial charge in [-0.05, 0) is 24.8 Å². The zero-order chi connectivity index (χ0) is 17.2. The topological polar surface area (TPSA) is 48.9 Å². The Bertz CT molecular complexity index is 477. The van der Waals surface area contributed by atoms with Crippen molar-refractivity contribution in [1.82, 2.24) is 15.5 Å². The molecule has 5 nitrogen and oxygen atoms in total. The van der Waals surface area contributed by atoms with Crippen LogP contribution < -0.4 is 10.6 Å². The summed E-state index contributed by atoms with van der Waals surface area (Å²) >= 11 is 1.83. The molecular formula is C18H32N4OS. The van der Waals surface area contributed by atoms with E-state index in [1.54, 1.807) is 0 Å². The maximum atomic E-state index is 5.70. The highest BCUT2D eigenvalue weighted by Gasteiger charge is 2.26. The number of nitrogens with one attached hydrogen (secondary N) is 2. The van der Waals surface area contributed by atoms with Crippen molar-refractivity contribution in [2.24, 2.45) is 4.99 Å². The first-order chi connectivity index (χ1) is 11.7. The highest BCUT2D eigenvalue weighted by atomic mass is 32.1. The quantitative estimate of drug-likeness (QED) is 0.429. The van der Waals surface area contributed by atoms with E-state index in [-0.39, 0.29) is 0 Å². The van der Waals surface area contributed by atoms with Gasteiger partial charge in [0.1, 0.15) is 0 Å². The second-order valence-corrected chi connectivity index (χ2v) is 7.27. The van der Waals surface area contributed by atoms with Crippen LogP contribution in [0.4, 0.5) is 0 Å². The van der Waals surface area contributed by atoms with E-state index in [2.05, 4.69) is 51.9 Å². The smallest absolute Gasteiger partial charge is 0.191 e. The molecule has 0 saturated carbocycles. The largest absolute Gasteiger partial charge is 0.376 e. The second-order valence-electron chi connectivity index (χ2n) is 6.29. The van der Waals surface area contributed by atoms with Gasteiger partial charge in [0.25, 0.3) is 0 Å². The fourth-order valence-corrected chi connectivity index (χ4v) is 3.88. The Morgan fingerprint density at radius 2 is 2.33 bits per heavy atom. The molecule has 1 aliphatic rings. The summed E-state index contributed by atoms with van der Waals surface area (Å²) in [5.74, 6) is 0.897. The Hall–Kier alpha value is -1.11. The number of rotatable bonds is 8. The van der Waals surface area contributed by atoms with Gasteiger partial charge in [-0.25, -0.2) is 0 Å². The summed E-state index contributed by atoms with van der Waals surface area (Å²) in [6.45, 7) is 8.99. The lowest BCUT2D eigenvalue weighted by atomic mass is 10.1. The van der Waals surface area contributed by atoms with Crippen LogP contribution in [-0.2, 0) is 4.74 Å². The summed E-state index contributed by atoms with van der Waals surface area (Å²) in [5, 5.41) is 9.08. The average Bonchev–Trinajstić information content (AvgIpc) is 3.11. The molecule has 0 amide bonds. The van der Waals surface area contributed by atoms with E-state index in [0.717, 1.165) is 38.7 Å². The van der Waals surface area contributed by atoms with Gasteiger partial charge in [-0.3, -0.25) is 9.89 Å². The average molecular weight is 353 g/mol. The maximum absolute atomic E-state index is 5.70. The molecular weight excluding hydrogens is 320 g/mol. The van der Waals surface area contributed by atoms with E-state index in [0.29, 0.717) is 12.1 Å². The SMILES string of the molecule is CCCCCNC(=NC)NCC(c1cccs1)N1CCOC(C)C1. The third kappa shape index (κ3) is 6.07. The van der Waals surface area contributed by atoms with Crippen LogP contribution in [-0.4, -0.2) is 56.8 Å². The summed E-state index contributed by atoms with van der Waals surface area (Å²) in [7, 11) is 1.84. The molecule has 6 heteroatoms. The summed E-state index contributed by atoms with van der Waals surface area (Å²) < 4.78 is 5.70. The summed E-state index contributed by atoms with van der Waals surface area (Å²) in [5.41, 5.74) is 0. The van der Waals surface area contributed by atoms with E-state index >= 15 is 0 Å². The van der Waals surface area contributed by atoms with Gasteiger partial charge in [-0.15, -0.1) is 11.3 Å². The minimum atomic E-state index is 0.299. The van der Waals surface area contributed by atoms with Crippen molar-refractivity contribution in [1.29, 1.82) is 0 Å². The van der Waals surface area contributed by atoms with Crippen LogP contribution in [0.2, 0.25) is 0 Å². The van der Waals surface area contributed by atoms with Crippen molar-refractivity contribution in [3.8, 4) is 0 Å². The van der Waals surface area contributed by atoms with Crippen LogP contribution in [0, 0.1) is 0 Å². The highest BCUT2D eigenvalue weighted by Crippen LogP contribution is 2.26. The Morgan fingerprint density at radius 3 is 3.00 bits per heavy atom. The normalized spacial score (nSPS) is 20.8. The Morgan fingerprint density at radius 1 is 1.46 bits per heavy atom. The van der Waals surface area contributed by atoms with Crippen LogP contribution in [0.15, 0.2) is 22.5 Å². The zero-order valence-electron chi connectivity index (χ0n) is 15.3. The molecule has 1 saturated heterocycles. The third-order valence-corrected chi connectivity index (χ3v) is 5.32. The zero-order valence-corrected chi connectivity index (χ0v) is 16.1. The van der Waals surface area contributed by atoms with Crippen molar-refractivity contribution in [3.63, 3.8) is 0 Å². The number of ether oxygens (including phenoxy) is 1. The van der Waals surface area contributed by atoms with Crippen LogP contribution in [0.25, 0.3) is 0 Å². The molecule has 0 spiro atoms. The van der Waals surface area contributed by atoms with Gasteiger partial charge in [0.2, 0.25) is 0 Å². The van der Waals surface area contributed by atoms with Gasteiger partial charge in [0.15, 0.2) is 5.96 Å². The lowest BCUT2D eigenvalue weighted by Crippen LogP contribution is -2.48. The Labute approximate surface area is 150 Å². The Kier molecular flexibility index (Phi) is 8.56. The van der Waals surface area contributed by atoms with Gasteiger partial charge in [0, 0.05) is 38.1 Å². The van der Waals surface area contributed by atoms with Crippen molar-refractivity contribution < 1.29 is 4.74 Å². The van der Waals surface area contributed by atoms with E-state index in [4.69, 9.17) is 4.74 Å². The van der Waals surface area contributed by atoms with Crippen LogP contribution in [0.5, 0.6) is 0 Å². The predicted molar refractivity (Wildman–Crippen MR) is 103 cm³/mol. The van der Waals surface area contributed by atoms with Gasteiger partial charge >= 0.3 is 0 Å². The maximum Gasteiger partial charge on any atom is 0.191 e. The summed E-state index contributed by atoms with van der Waals surface area (Å²) in [4.78, 5) is 8.28. The van der Waals surface area contributed by atoms with E-state index < -0.39 is 0 Å². The number of hydrogen-bond donors (Lipinski definition) is 2. The van der Waals surface area contributed by atoms with Crippen LogP contribution in [0.3, 0.4) is 0 Å². The first-order valence-electron chi connectivity index (χ1n) is 9.08. The monoisotopic (exact) mass is 352 g/mol. The lowest BCUT2D eigenvalue weighted by Gasteiger charge is -2.37. The molecule has 0 aliphatic carbocycles. The number of thiophene rings is 1. The standard InChI is InChI=1S/C18H32N4OS/c1-4-5-6-9-20-18(19-3)21-13-16(17-8-7-12-24-17)22-10-11-23-15(2)14-22/h7-8,12,15-16H,4-6,9-11,13-14H2,1-3H3,(H2,19,20,21). The number of hydrogen-bond acceptors (Lipinski definition) is 4. The van der Waals surface area contributed by atoms with E-state index in [1.807, 2.05) is 18.4 Å². The number of aliphatic imine (C=N–C) groups is 1. The Balaban J connectivity index is 1.90. The number of nitrogens with zero attached hydrogens (tertiary/aromatic N) is 2. The lowest BCUT2D eigenvalue weighted by molar-refractivity contribution is -0.0334. The molecule has 2 rings (SSSR count). The van der Waals surface area contributed by atoms with Crippen LogP contribution in [0.1, 0.15) is 44.0 Å². The first-order valence-corrected chi connectivity index (χ1v) is 9.96. The van der Waals surface area contributed by atoms with Gasteiger partial charge < -0.3 is 15.4 Å². The van der Waals surface area contributed by atoms with Crippen molar-refractivity contribution in [2.45, 2.75) is 45.3 Å². The van der Waals surface area contributed by atoms with E-state index in [1.165, 1.54) is 24.1 Å². The van der Waals surface area contributed by atoms with Crippen LogP contribution >= 0.6 is 11.3 Å². The molecule has 1 aliphatic heterocycles. The first kappa shape index (κ1) is 19.2. The molecule has 1 fully saturated rings. The molecule has 2 heterocycles. The van der Waals surface area contributed by atoms with Crippen molar-refractivity contribution in [3.05, 3.63) is 22.4 Å². The highest BCUT2D eigenvalue weighted by molar-refractivity contribution is 7.10. The number of guanidine groups is 1. The number of unbranched alkanes of at least 4 members (excludes halogenated alkanes) is 2. The molecule has 2 unspecified atom stereocenters. The fourth-order valence-electron chi connectivity index (χ4n) is 3.01. The molecule has 0 aromatic carbocycles. The predicted octanol–water partition coefficient (Wildman–Crippen LogP) is 2.87. The van der Waals surface area contributed by atoms with Gasteiger partial charge in [0.05, 0.1) is 18.8 Å². The van der Waals surface area contributed by atoms with Crippen molar-refractivity contribution in [2.75, 3.05) is 39.8 Å². The van der Waals surface area contributed by atoms with Crippen molar-refractivity contribution >= 4 is 17.3 Å². The molecule has 1 aromatic rings. The molecule has 0 bridgehead atoms. The second kappa shape index (κ2) is 10.7. The third-order valence-electron chi connectivity index (χ3n) is 4.34. The molecule has 2 atom stereocenters. The minimum Gasteiger partial charge on any atom is -0.376 e. The summed E-state index contributed by atoms with van der Waals surface area (Å²) in [6.07, 6.45) is 3.98. The molecule has 0 radical (unpaired) electrons. The van der Waals surface area contributed by atoms with Gasteiger partial charge in [-0.2, -0.15) is 0 Å².